The summed E-state index contributed by atoms with van der Waals surface area (Å²) in [5, 5.41) is 0. The van der Waals surface area contributed by atoms with E-state index in [0.29, 0.717) is 5.54 Å². The van der Waals surface area contributed by atoms with Crippen molar-refractivity contribution in [3.05, 3.63) is 0 Å². The van der Waals surface area contributed by atoms with Gasteiger partial charge in [-0.15, -0.1) is 0 Å². The molecule has 0 saturated carbocycles. The maximum absolute atomic E-state index is 2.76. The van der Waals surface area contributed by atoms with E-state index >= 15 is 0 Å². The molecule has 2 heteroatoms. The summed E-state index contributed by atoms with van der Waals surface area (Å²) in [6.07, 6.45) is 4.56. The van der Waals surface area contributed by atoms with E-state index in [1.54, 1.807) is 6.46 Å². The van der Waals surface area contributed by atoms with E-state index < -0.39 is 27.8 Å². The SMILES string of the molecule is C[N]([Y]1[CH2]CCC[CH2]1)C(C)(C)C. The van der Waals surface area contributed by atoms with Crippen LogP contribution < -0.4 is 0 Å². The second kappa shape index (κ2) is 4.53. The molecule has 0 N–H and O–H groups in total. The van der Waals surface area contributed by atoms with Crippen LogP contribution in [0.2, 0.25) is 6.46 Å². The summed E-state index contributed by atoms with van der Waals surface area (Å²) in [7, 11) is 2.37. The van der Waals surface area contributed by atoms with Crippen LogP contribution in [-0.2, 0) is 27.8 Å². The fraction of sp³-hybridized carbons (Fsp3) is 1.00. The topological polar surface area (TPSA) is 3.24 Å². The Kier molecular flexibility index (Phi) is 4.20. The predicted molar refractivity (Wildman–Crippen MR) is 51.0 cm³/mol. The Morgan fingerprint density at radius 2 is 1.50 bits per heavy atom. The van der Waals surface area contributed by atoms with Gasteiger partial charge in [0.05, 0.1) is 0 Å². The fourth-order valence-corrected chi connectivity index (χ4v) is 11.1. The second-order valence-corrected chi connectivity index (χ2v) is 13.0. The van der Waals surface area contributed by atoms with Crippen molar-refractivity contribution in [1.29, 1.82) is 0 Å². The van der Waals surface area contributed by atoms with Crippen molar-refractivity contribution in [2.45, 2.75) is 52.0 Å². The van der Waals surface area contributed by atoms with E-state index in [1.807, 2.05) is 0 Å². The van der Waals surface area contributed by atoms with E-state index in [-0.39, 0.29) is 0 Å². The van der Waals surface area contributed by atoms with E-state index in [0.717, 1.165) is 0 Å². The van der Waals surface area contributed by atoms with E-state index in [1.165, 1.54) is 19.3 Å². The predicted octanol–water partition coefficient (Wildman–Crippen LogP) is 3.27. The van der Waals surface area contributed by atoms with Gasteiger partial charge >= 0.3 is 88.9 Å². The van der Waals surface area contributed by atoms with Crippen LogP contribution in [0.1, 0.15) is 40.0 Å². The van der Waals surface area contributed by atoms with Crippen molar-refractivity contribution < 1.29 is 27.8 Å². The number of hydrogen-bond donors (Lipinski definition) is 0. The summed E-state index contributed by atoms with van der Waals surface area (Å²) >= 11 is -1.21. The first-order valence-corrected chi connectivity index (χ1v) is 10.5. The molecule has 0 atom stereocenters. The van der Waals surface area contributed by atoms with Gasteiger partial charge in [0.25, 0.3) is 0 Å². The molecule has 12 heavy (non-hydrogen) atoms. The molecule has 0 radical (unpaired) electrons. The van der Waals surface area contributed by atoms with Crippen LogP contribution in [0.4, 0.5) is 0 Å². The van der Waals surface area contributed by atoms with E-state index in [2.05, 4.69) is 29.9 Å². The molecule has 0 spiro atoms. The summed E-state index contributed by atoms with van der Waals surface area (Å²) in [6, 6.07) is 0. The van der Waals surface area contributed by atoms with Crippen LogP contribution in [0.5, 0.6) is 0 Å². The zero-order valence-corrected chi connectivity index (χ0v) is 11.9. The first-order valence-electron chi connectivity index (χ1n) is 5.25. The third-order valence-corrected chi connectivity index (χ3v) is 13.1. The molecular formula is C10H22NY. The van der Waals surface area contributed by atoms with Crippen molar-refractivity contribution in [3.63, 3.8) is 0 Å². The Bertz CT molecular complexity index is 133. The molecule has 1 fully saturated rings. The minimum absolute atomic E-state index is 0.443. The summed E-state index contributed by atoms with van der Waals surface area (Å²) in [6.45, 7) is 7.08. The van der Waals surface area contributed by atoms with Gasteiger partial charge < -0.3 is 0 Å². The maximum atomic E-state index is 2.76. The third kappa shape index (κ3) is 3.08. The summed E-state index contributed by atoms with van der Waals surface area (Å²) in [5.74, 6) is 0. The Morgan fingerprint density at radius 3 is 1.92 bits per heavy atom. The standard InChI is InChI=1S/C5H12N.C5H10.Y/c1-5(2,3)6-4;1-3-5-4-2;/h1-4H3;1-5H2;/q-1;;+1. The average Bonchev–Trinajstić information content (AvgIpc) is 2.03. The number of rotatable bonds is 1. The third-order valence-electron chi connectivity index (χ3n) is 3.18. The van der Waals surface area contributed by atoms with Crippen LogP contribution in [0.15, 0.2) is 0 Å². The van der Waals surface area contributed by atoms with Crippen LogP contribution in [0, 0.1) is 0 Å². The molecule has 1 rings (SSSR count). The first-order chi connectivity index (χ1) is 5.52. The molecular weight excluding hydrogens is 223 g/mol. The van der Waals surface area contributed by atoms with Crippen molar-refractivity contribution in [2.75, 3.05) is 7.05 Å². The van der Waals surface area contributed by atoms with Gasteiger partial charge in [-0.1, -0.05) is 0 Å². The average molecular weight is 245 g/mol. The van der Waals surface area contributed by atoms with E-state index in [4.69, 9.17) is 0 Å². The normalized spacial score (nSPS) is 20.2. The van der Waals surface area contributed by atoms with Crippen LogP contribution in [0.25, 0.3) is 0 Å². The Hall–Kier alpha value is 1.06. The molecule has 0 aromatic heterocycles. The molecule has 1 heterocycles. The van der Waals surface area contributed by atoms with Gasteiger partial charge in [-0.2, -0.15) is 0 Å². The molecule has 1 saturated heterocycles. The summed E-state index contributed by atoms with van der Waals surface area (Å²) < 4.78 is 6.00. The molecule has 0 bridgehead atoms. The van der Waals surface area contributed by atoms with Crippen molar-refractivity contribution in [2.24, 2.45) is 0 Å². The number of hydrogen-bond acceptors (Lipinski definition) is 1. The van der Waals surface area contributed by atoms with Gasteiger partial charge in [0.15, 0.2) is 0 Å². The summed E-state index contributed by atoms with van der Waals surface area (Å²) in [4.78, 5) is 0. The van der Waals surface area contributed by atoms with Crippen molar-refractivity contribution in [3.8, 4) is 0 Å². The Morgan fingerprint density at radius 1 is 1.00 bits per heavy atom. The van der Waals surface area contributed by atoms with Crippen molar-refractivity contribution >= 4 is 0 Å². The van der Waals surface area contributed by atoms with Gasteiger partial charge in [-0.05, 0) is 0 Å². The Balaban J connectivity index is 2.45. The van der Waals surface area contributed by atoms with Gasteiger partial charge in [-0.25, -0.2) is 0 Å². The first kappa shape index (κ1) is 11.1. The molecule has 1 nitrogen and oxygen atoms in total. The molecule has 1 aliphatic heterocycles. The van der Waals surface area contributed by atoms with Gasteiger partial charge in [0.1, 0.15) is 0 Å². The second-order valence-electron chi connectivity index (χ2n) is 5.07. The van der Waals surface area contributed by atoms with E-state index in [9.17, 15) is 0 Å². The van der Waals surface area contributed by atoms with Gasteiger partial charge in [0.2, 0.25) is 0 Å². The zero-order chi connectivity index (χ0) is 9.19. The molecule has 0 aromatic rings. The minimum atomic E-state index is -1.21. The van der Waals surface area contributed by atoms with Crippen LogP contribution in [-0.4, -0.2) is 14.6 Å². The summed E-state index contributed by atoms with van der Waals surface area (Å²) in [5.41, 5.74) is 0.443. The van der Waals surface area contributed by atoms with Crippen molar-refractivity contribution in [1.82, 2.24) is 2.03 Å². The molecule has 70 valence electrons. The molecule has 0 aromatic carbocycles. The Labute approximate surface area is 88.4 Å². The molecule has 0 unspecified atom stereocenters. The zero-order valence-electron chi connectivity index (χ0n) is 9.06. The van der Waals surface area contributed by atoms with Gasteiger partial charge in [0, 0.05) is 0 Å². The fourth-order valence-electron chi connectivity index (χ4n) is 2.02. The van der Waals surface area contributed by atoms with Crippen LogP contribution >= 0.6 is 0 Å². The molecule has 0 amide bonds. The number of nitrogens with zero attached hydrogens (tertiary/aromatic N) is 1. The quantitative estimate of drug-likeness (QED) is 0.685. The van der Waals surface area contributed by atoms with Crippen LogP contribution in [0.3, 0.4) is 0 Å². The van der Waals surface area contributed by atoms with Gasteiger partial charge in [-0.3, -0.25) is 0 Å². The molecule has 0 aliphatic carbocycles. The monoisotopic (exact) mass is 245 g/mol. The molecule has 1 aliphatic rings.